The summed E-state index contributed by atoms with van der Waals surface area (Å²) in [6, 6.07) is 9.28. The highest BCUT2D eigenvalue weighted by Gasteiger charge is 2.25. The van der Waals surface area contributed by atoms with Crippen LogP contribution in [-0.4, -0.2) is 30.8 Å². The van der Waals surface area contributed by atoms with E-state index in [4.69, 9.17) is 0 Å². The SMILES string of the molecule is O=S(=O)(c1cccc(CNCc2cc[nH]c2)c1)N1CCCCC1. The molecule has 1 aromatic heterocycles. The molecule has 1 fully saturated rings. The van der Waals surface area contributed by atoms with Gasteiger partial charge in [-0.2, -0.15) is 4.31 Å². The first-order valence-corrected chi connectivity index (χ1v) is 9.52. The predicted molar refractivity (Wildman–Crippen MR) is 90.4 cm³/mol. The minimum absolute atomic E-state index is 0.403. The molecule has 1 aromatic carbocycles. The summed E-state index contributed by atoms with van der Waals surface area (Å²) in [5, 5.41) is 3.33. The molecule has 0 atom stereocenters. The second-order valence-corrected chi connectivity index (χ2v) is 7.87. The van der Waals surface area contributed by atoms with E-state index in [9.17, 15) is 8.42 Å². The van der Waals surface area contributed by atoms with E-state index >= 15 is 0 Å². The van der Waals surface area contributed by atoms with E-state index < -0.39 is 10.0 Å². The van der Waals surface area contributed by atoms with Crippen molar-refractivity contribution in [1.29, 1.82) is 0 Å². The minimum Gasteiger partial charge on any atom is -0.367 e. The van der Waals surface area contributed by atoms with Crippen LogP contribution in [0.15, 0.2) is 47.6 Å². The van der Waals surface area contributed by atoms with Crippen molar-refractivity contribution in [2.45, 2.75) is 37.2 Å². The molecule has 5 nitrogen and oxygen atoms in total. The number of piperidine rings is 1. The Balaban J connectivity index is 1.66. The highest BCUT2D eigenvalue weighted by Crippen LogP contribution is 2.21. The molecular formula is C17H23N3O2S. The Labute approximate surface area is 137 Å². The summed E-state index contributed by atoms with van der Waals surface area (Å²) in [5.41, 5.74) is 2.17. The predicted octanol–water partition coefficient (Wildman–Crippen LogP) is 2.48. The quantitative estimate of drug-likeness (QED) is 0.853. The molecule has 0 spiro atoms. The van der Waals surface area contributed by atoms with Gasteiger partial charge in [0.25, 0.3) is 0 Å². The summed E-state index contributed by atoms with van der Waals surface area (Å²) in [6.45, 7) is 2.68. The van der Waals surface area contributed by atoms with Gasteiger partial charge in [-0.1, -0.05) is 18.6 Å². The fourth-order valence-electron chi connectivity index (χ4n) is 2.89. The van der Waals surface area contributed by atoms with Crippen LogP contribution in [0.25, 0.3) is 0 Å². The highest BCUT2D eigenvalue weighted by molar-refractivity contribution is 7.89. The van der Waals surface area contributed by atoms with E-state index in [0.29, 0.717) is 24.5 Å². The molecule has 1 saturated heterocycles. The van der Waals surface area contributed by atoms with E-state index in [1.807, 2.05) is 30.6 Å². The van der Waals surface area contributed by atoms with Gasteiger partial charge in [-0.05, 0) is 42.2 Å². The topological polar surface area (TPSA) is 65.2 Å². The number of nitrogens with zero attached hydrogens (tertiary/aromatic N) is 1. The Morgan fingerprint density at radius 1 is 1.04 bits per heavy atom. The molecule has 6 heteroatoms. The Hall–Kier alpha value is -1.63. The number of sulfonamides is 1. The molecule has 0 amide bonds. The molecule has 2 aromatic rings. The van der Waals surface area contributed by atoms with Crippen molar-refractivity contribution in [2.24, 2.45) is 0 Å². The molecule has 3 rings (SSSR count). The number of nitrogens with one attached hydrogen (secondary N) is 2. The Bertz CT molecular complexity index is 720. The third kappa shape index (κ3) is 4.02. The van der Waals surface area contributed by atoms with Crippen LogP contribution in [0.1, 0.15) is 30.4 Å². The first-order chi connectivity index (χ1) is 11.2. The van der Waals surface area contributed by atoms with Crippen molar-refractivity contribution < 1.29 is 8.42 Å². The van der Waals surface area contributed by atoms with Crippen LogP contribution in [-0.2, 0) is 23.1 Å². The fourth-order valence-corrected chi connectivity index (χ4v) is 4.48. The lowest BCUT2D eigenvalue weighted by molar-refractivity contribution is 0.346. The van der Waals surface area contributed by atoms with Gasteiger partial charge in [0.05, 0.1) is 4.90 Å². The molecule has 0 saturated carbocycles. The van der Waals surface area contributed by atoms with Crippen LogP contribution in [0.5, 0.6) is 0 Å². The third-order valence-electron chi connectivity index (χ3n) is 4.17. The van der Waals surface area contributed by atoms with Gasteiger partial charge in [0, 0.05) is 38.6 Å². The van der Waals surface area contributed by atoms with Crippen molar-refractivity contribution in [1.82, 2.24) is 14.6 Å². The van der Waals surface area contributed by atoms with Crippen LogP contribution in [0.4, 0.5) is 0 Å². The zero-order valence-electron chi connectivity index (χ0n) is 13.2. The number of H-pyrrole nitrogens is 1. The lowest BCUT2D eigenvalue weighted by Gasteiger charge is -2.26. The molecule has 1 aliphatic rings. The van der Waals surface area contributed by atoms with E-state index in [0.717, 1.165) is 31.4 Å². The summed E-state index contributed by atoms with van der Waals surface area (Å²) in [4.78, 5) is 3.42. The van der Waals surface area contributed by atoms with Gasteiger partial charge in [-0.3, -0.25) is 0 Å². The zero-order valence-corrected chi connectivity index (χ0v) is 14.0. The first-order valence-electron chi connectivity index (χ1n) is 8.08. The Morgan fingerprint density at radius 2 is 1.83 bits per heavy atom. The number of hydrogen-bond acceptors (Lipinski definition) is 3. The molecule has 0 radical (unpaired) electrons. The summed E-state index contributed by atoms with van der Waals surface area (Å²) in [7, 11) is -3.35. The van der Waals surface area contributed by atoms with Gasteiger partial charge in [0.15, 0.2) is 0 Å². The van der Waals surface area contributed by atoms with E-state index in [1.165, 1.54) is 5.56 Å². The molecule has 0 unspecified atom stereocenters. The summed E-state index contributed by atoms with van der Waals surface area (Å²) in [6.07, 6.45) is 6.87. The van der Waals surface area contributed by atoms with E-state index in [2.05, 4.69) is 10.3 Å². The van der Waals surface area contributed by atoms with Crippen molar-refractivity contribution in [3.8, 4) is 0 Å². The van der Waals surface area contributed by atoms with Crippen molar-refractivity contribution in [2.75, 3.05) is 13.1 Å². The van der Waals surface area contributed by atoms with Gasteiger partial charge < -0.3 is 10.3 Å². The number of benzene rings is 1. The molecule has 2 heterocycles. The van der Waals surface area contributed by atoms with Crippen molar-refractivity contribution >= 4 is 10.0 Å². The summed E-state index contributed by atoms with van der Waals surface area (Å²) in [5.74, 6) is 0. The first kappa shape index (κ1) is 16.2. The molecule has 23 heavy (non-hydrogen) atoms. The largest absolute Gasteiger partial charge is 0.367 e. The normalized spacial score (nSPS) is 16.5. The molecule has 1 aliphatic heterocycles. The minimum atomic E-state index is -3.35. The van der Waals surface area contributed by atoms with E-state index in [-0.39, 0.29) is 0 Å². The molecule has 0 bridgehead atoms. The highest BCUT2D eigenvalue weighted by atomic mass is 32.2. The Morgan fingerprint density at radius 3 is 2.57 bits per heavy atom. The lowest BCUT2D eigenvalue weighted by Crippen LogP contribution is -2.35. The average molecular weight is 333 g/mol. The maximum absolute atomic E-state index is 12.7. The number of aromatic nitrogens is 1. The van der Waals surface area contributed by atoms with Gasteiger partial charge in [-0.15, -0.1) is 0 Å². The van der Waals surface area contributed by atoms with Crippen LogP contribution in [0.2, 0.25) is 0 Å². The lowest BCUT2D eigenvalue weighted by atomic mass is 10.2. The number of hydrogen-bond donors (Lipinski definition) is 2. The monoisotopic (exact) mass is 333 g/mol. The van der Waals surface area contributed by atoms with Gasteiger partial charge in [-0.25, -0.2) is 8.42 Å². The fraction of sp³-hybridized carbons (Fsp3) is 0.412. The van der Waals surface area contributed by atoms with Gasteiger partial charge >= 0.3 is 0 Å². The third-order valence-corrected chi connectivity index (χ3v) is 6.07. The second kappa shape index (κ2) is 7.29. The smallest absolute Gasteiger partial charge is 0.243 e. The Kier molecular flexibility index (Phi) is 5.15. The summed E-state index contributed by atoms with van der Waals surface area (Å²) < 4.78 is 27.0. The van der Waals surface area contributed by atoms with Crippen LogP contribution in [0, 0.1) is 0 Å². The van der Waals surface area contributed by atoms with Gasteiger partial charge in [0.1, 0.15) is 0 Å². The summed E-state index contributed by atoms with van der Waals surface area (Å²) >= 11 is 0. The molecular weight excluding hydrogens is 310 g/mol. The maximum atomic E-state index is 12.7. The maximum Gasteiger partial charge on any atom is 0.243 e. The van der Waals surface area contributed by atoms with E-state index in [1.54, 1.807) is 16.4 Å². The van der Waals surface area contributed by atoms with Crippen molar-refractivity contribution in [3.05, 3.63) is 53.9 Å². The number of rotatable bonds is 6. The molecule has 0 aliphatic carbocycles. The van der Waals surface area contributed by atoms with Crippen LogP contribution in [0.3, 0.4) is 0 Å². The van der Waals surface area contributed by atoms with Crippen LogP contribution >= 0.6 is 0 Å². The second-order valence-electron chi connectivity index (χ2n) is 5.93. The average Bonchev–Trinajstić information content (AvgIpc) is 3.09. The van der Waals surface area contributed by atoms with Gasteiger partial charge in [0.2, 0.25) is 10.0 Å². The standard InChI is InChI=1S/C17H23N3O2S/c21-23(22,20-9-2-1-3-10-20)17-6-4-5-15(11-17)12-19-14-16-7-8-18-13-16/h4-8,11,13,18-19H,1-3,9-10,12,14H2. The van der Waals surface area contributed by atoms with Crippen molar-refractivity contribution in [3.63, 3.8) is 0 Å². The van der Waals surface area contributed by atoms with Crippen LogP contribution < -0.4 is 5.32 Å². The molecule has 124 valence electrons. The zero-order chi connectivity index (χ0) is 16.1. The molecule has 2 N–H and O–H groups in total. The number of aromatic amines is 1.